The molecule has 0 spiro atoms. The van der Waals surface area contributed by atoms with E-state index in [0.717, 1.165) is 12.0 Å². The number of thioether (sulfide) groups is 1. The van der Waals surface area contributed by atoms with Crippen LogP contribution in [0.4, 0.5) is 10.1 Å². The number of anilines is 1. The van der Waals surface area contributed by atoms with Crippen LogP contribution >= 0.6 is 11.8 Å². The van der Waals surface area contributed by atoms with Crippen molar-refractivity contribution in [1.29, 1.82) is 0 Å². The number of carbonyl (C=O) groups excluding carboxylic acids is 2. The van der Waals surface area contributed by atoms with Gasteiger partial charge in [0.2, 0.25) is 11.8 Å². The molecular weight excluding hydrogens is 351 g/mol. The predicted octanol–water partition coefficient (Wildman–Crippen LogP) is 3.94. The first-order valence-corrected chi connectivity index (χ1v) is 9.64. The number of rotatable bonds is 8. The molecule has 0 aliphatic heterocycles. The second-order valence-corrected chi connectivity index (χ2v) is 6.92. The zero-order chi connectivity index (χ0) is 18.9. The van der Waals surface area contributed by atoms with E-state index in [4.69, 9.17) is 0 Å². The van der Waals surface area contributed by atoms with Crippen LogP contribution in [0.15, 0.2) is 48.5 Å². The minimum Gasteiger partial charge on any atom is -0.349 e. The standard InChI is InChI=1S/C20H23FN2O2S/c1-3-15-4-6-16(7-5-15)14(2)22-19(24)12-26-13-20(25)23-18-10-8-17(21)9-11-18/h4-11,14H,3,12-13H2,1-2H3,(H,22,24)(H,23,25). The summed E-state index contributed by atoms with van der Waals surface area (Å²) in [4.78, 5) is 23.8. The van der Waals surface area contributed by atoms with Gasteiger partial charge in [0.05, 0.1) is 17.5 Å². The highest BCUT2D eigenvalue weighted by molar-refractivity contribution is 8.00. The number of nitrogens with one attached hydrogen (secondary N) is 2. The topological polar surface area (TPSA) is 58.2 Å². The minimum absolute atomic E-state index is 0.0814. The lowest BCUT2D eigenvalue weighted by Gasteiger charge is -2.14. The molecule has 2 amide bonds. The normalized spacial score (nSPS) is 11.7. The molecule has 6 heteroatoms. The summed E-state index contributed by atoms with van der Waals surface area (Å²) in [6.45, 7) is 4.04. The Hall–Kier alpha value is -2.34. The highest BCUT2D eigenvalue weighted by Crippen LogP contribution is 2.14. The molecule has 0 aliphatic rings. The summed E-state index contributed by atoms with van der Waals surface area (Å²) < 4.78 is 12.8. The monoisotopic (exact) mass is 374 g/mol. The molecule has 0 radical (unpaired) electrons. The lowest BCUT2D eigenvalue weighted by atomic mass is 10.1. The van der Waals surface area contributed by atoms with Gasteiger partial charge < -0.3 is 10.6 Å². The van der Waals surface area contributed by atoms with Crippen molar-refractivity contribution in [3.05, 3.63) is 65.5 Å². The van der Waals surface area contributed by atoms with Gasteiger partial charge in [-0.15, -0.1) is 11.8 Å². The molecule has 0 saturated heterocycles. The van der Waals surface area contributed by atoms with Gasteiger partial charge in [-0.25, -0.2) is 4.39 Å². The van der Waals surface area contributed by atoms with E-state index in [-0.39, 0.29) is 35.2 Å². The average molecular weight is 374 g/mol. The Bertz CT molecular complexity index is 732. The van der Waals surface area contributed by atoms with Crippen LogP contribution in [0.5, 0.6) is 0 Å². The number of aryl methyl sites for hydroxylation is 1. The molecule has 0 aliphatic carbocycles. The first kappa shape index (κ1) is 20.0. The molecule has 0 fully saturated rings. The van der Waals surface area contributed by atoms with E-state index in [1.807, 2.05) is 19.1 Å². The van der Waals surface area contributed by atoms with Crippen LogP contribution in [0.1, 0.15) is 31.0 Å². The zero-order valence-corrected chi connectivity index (χ0v) is 15.7. The van der Waals surface area contributed by atoms with Gasteiger partial charge in [-0.2, -0.15) is 0 Å². The maximum Gasteiger partial charge on any atom is 0.234 e. The Morgan fingerprint density at radius 2 is 1.62 bits per heavy atom. The molecule has 2 aromatic carbocycles. The lowest BCUT2D eigenvalue weighted by molar-refractivity contribution is -0.119. The van der Waals surface area contributed by atoms with Crippen LogP contribution in [0.3, 0.4) is 0 Å². The molecule has 2 aromatic rings. The molecule has 0 bridgehead atoms. The van der Waals surface area contributed by atoms with E-state index in [9.17, 15) is 14.0 Å². The van der Waals surface area contributed by atoms with Crippen LogP contribution in [0.25, 0.3) is 0 Å². The molecule has 2 rings (SSSR count). The maximum absolute atomic E-state index is 12.8. The van der Waals surface area contributed by atoms with Crippen LogP contribution in [0, 0.1) is 5.82 Å². The van der Waals surface area contributed by atoms with Crippen molar-refractivity contribution in [3.8, 4) is 0 Å². The Morgan fingerprint density at radius 3 is 2.23 bits per heavy atom. The number of hydrogen-bond acceptors (Lipinski definition) is 3. The number of carbonyl (C=O) groups is 2. The Balaban J connectivity index is 1.70. The first-order valence-electron chi connectivity index (χ1n) is 8.49. The van der Waals surface area contributed by atoms with E-state index in [1.165, 1.54) is 41.6 Å². The largest absolute Gasteiger partial charge is 0.349 e. The Kier molecular flexibility index (Phi) is 7.66. The van der Waals surface area contributed by atoms with Gasteiger partial charge in [0.15, 0.2) is 0 Å². The van der Waals surface area contributed by atoms with Gasteiger partial charge in [0, 0.05) is 5.69 Å². The van der Waals surface area contributed by atoms with E-state index >= 15 is 0 Å². The van der Waals surface area contributed by atoms with Gasteiger partial charge in [-0.05, 0) is 48.7 Å². The van der Waals surface area contributed by atoms with Gasteiger partial charge >= 0.3 is 0 Å². The number of benzene rings is 2. The summed E-state index contributed by atoms with van der Waals surface area (Å²) in [5, 5.41) is 5.59. The molecule has 4 nitrogen and oxygen atoms in total. The molecule has 1 unspecified atom stereocenters. The summed E-state index contributed by atoms with van der Waals surface area (Å²) in [6, 6.07) is 13.6. The second kappa shape index (κ2) is 9.97. The predicted molar refractivity (Wildman–Crippen MR) is 105 cm³/mol. The molecule has 26 heavy (non-hydrogen) atoms. The number of halogens is 1. The fraction of sp³-hybridized carbons (Fsp3) is 0.300. The van der Waals surface area contributed by atoms with E-state index in [0.29, 0.717) is 5.69 Å². The highest BCUT2D eigenvalue weighted by Gasteiger charge is 2.11. The summed E-state index contributed by atoms with van der Waals surface area (Å²) in [5.41, 5.74) is 2.84. The minimum atomic E-state index is -0.354. The Labute approximate surface area is 157 Å². The fourth-order valence-corrected chi connectivity index (χ4v) is 3.00. The molecule has 1 atom stereocenters. The van der Waals surface area contributed by atoms with Crippen molar-refractivity contribution in [2.45, 2.75) is 26.3 Å². The summed E-state index contributed by atoms with van der Waals surface area (Å²) in [5.74, 6) is -0.333. The van der Waals surface area contributed by atoms with E-state index in [1.54, 1.807) is 0 Å². The third kappa shape index (κ3) is 6.52. The van der Waals surface area contributed by atoms with Crippen molar-refractivity contribution in [2.24, 2.45) is 0 Å². The van der Waals surface area contributed by atoms with Crippen molar-refractivity contribution < 1.29 is 14.0 Å². The van der Waals surface area contributed by atoms with Crippen LogP contribution in [0.2, 0.25) is 0 Å². The fourth-order valence-electron chi connectivity index (χ4n) is 2.38. The molecule has 0 aromatic heterocycles. The van der Waals surface area contributed by atoms with Gasteiger partial charge in [0.25, 0.3) is 0 Å². The Morgan fingerprint density at radius 1 is 1.00 bits per heavy atom. The quantitative estimate of drug-likeness (QED) is 0.736. The van der Waals surface area contributed by atoms with E-state index in [2.05, 4.69) is 29.7 Å². The molecule has 0 heterocycles. The van der Waals surface area contributed by atoms with Crippen molar-refractivity contribution in [1.82, 2.24) is 5.32 Å². The number of hydrogen-bond donors (Lipinski definition) is 2. The smallest absolute Gasteiger partial charge is 0.234 e. The molecule has 0 saturated carbocycles. The van der Waals surface area contributed by atoms with Gasteiger partial charge in [-0.1, -0.05) is 31.2 Å². The lowest BCUT2D eigenvalue weighted by Crippen LogP contribution is -2.28. The SMILES string of the molecule is CCc1ccc(C(C)NC(=O)CSCC(=O)Nc2ccc(F)cc2)cc1. The van der Waals surface area contributed by atoms with Gasteiger partial charge in [-0.3, -0.25) is 9.59 Å². The number of amides is 2. The maximum atomic E-state index is 12.8. The highest BCUT2D eigenvalue weighted by atomic mass is 32.2. The molecule has 2 N–H and O–H groups in total. The summed E-state index contributed by atoms with van der Waals surface area (Å²) in [6.07, 6.45) is 0.984. The zero-order valence-electron chi connectivity index (χ0n) is 14.9. The molecule has 138 valence electrons. The van der Waals surface area contributed by atoms with Crippen LogP contribution in [-0.2, 0) is 16.0 Å². The third-order valence-corrected chi connectivity index (χ3v) is 4.79. The van der Waals surface area contributed by atoms with Crippen LogP contribution in [-0.4, -0.2) is 23.3 Å². The average Bonchev–Trinajstić information content (AvgIpc) is 2.63. The molecular formula is C20H23FN2O2S. The van der Waals surface area contributed by atoms with Gasteiger partial charge in [0.1, 0.15) is 5.82 Å². The van der Waals surface area contributed by atoms with Crippen molar-refractivity contribution >= 4 is 29.3 Å². The van der Waals surface area contributed by atoms with E-state index < -0.39 is 0 Å². The van der Waals surface area contributed by atoms with Crippen LogP contribution < -0.4 is 10.6 Å². The first-order chi connectivity index (χ1) is 12.5. The third-order valence-electron chi connectivity index (χ3n) is 3.86. The summed E-state index contributed by atoms with van der Waals surface area (Å²) in [7, 11) is 0. The summed E-state index contributed by atoms with van der Waals surface area (Å²) >= 11 is 1.24. The van der Waals surface area contributed by atoms with Crippen molar-refractivity contribution in [3.63, 3.8) is 0 Å². The second-order valence-electron chi connectivity index (χ2n) is 5.93. The van der Waals surface area contributed by atoms with Crippen molar-refractivity contribution in [2.75, 3.05) is 16.8 Å².